The number of benzene rings is 3. The van der Waals surface area contributed by atoms with Crippen LogP contribution < -0.4 is 4.74 Å². The van der Waals surface area contributed by atoms with E-state index in [-0.39, 0.29) is 28.2 Å². The van der Waals surface area contributed by atoms with Crippen molar-refractivity contribution in [2.75, 3.05) is 6.61 Å². The average molecular weight is 499 g/mol. The Hall–Kier alpha value is -3.22. The smallest absolute Gasteiger partial charge is 0.341 e. The number of rotatable bonds is 7. The van der Waals surface area contributed by atoms with E-state index in [0.717, 1.165) is 17.2 Å². The van der Waals surface area contributed by atoms with Crippen molar-refractivity contribution in [3.63, 3.8) is 0 Å². The molecule has 0 bridgehead atoms. The number of hydrogen-bond donors (Lipinski definition) is 1. The molecule has 4 nitrogen and oxygen atoms in total. The summed E-state index contributed by atoms with van der Waals surface area (Å²) < 4.78 is 40.8. The maximum atomic E-state index is 14.5. The number of aliphatic carboxylic acids is 1. The van der Waals surface area contributed by atoms with E-state index in [1.807, 2.05) is 37.3 Å². The predicted octanol–water partition coefficient (Wildman–Crippen LogP) is 7.26. The monoisotopic (exact) mass is 498 g/mol. The molecule has 1 aliphatic heterocycles. The first kappa shape index (κ1) is 24.9. The molecule has 1 aliphatic rings. The van der Waals surface area contributed by atoms with Crippen LogP contribution in [0, 0.1) is 17.6 Å². The molecule has 1 heterocycles. The van der Waals surface area contributed by atoms with E-state index in [9.17, 15) is 13.6 Å². The lowest BCUT2D eigenvalue weighted by Crippen LogP contribution is -2.32. The van der Waals surface area contributed by atoms with Gasteiger partial charge in [0.1, 0.15) is 17.4 Å². The molecular formula is C28H25ClF2O4. The summed E-state index contributed by atoms with van der Waals surface area (Å²) in [5, 5.41) is 9.06. The van der Waals surface area contributed by atoms with Crippen LogP contribution >= 0.6 is 11.6 Å². The molecule has 7 heteroatoms. The van der Waals surface area contributed by atoms with E-state index < -0.39 is 36.4 Å². The standard InChI is InChI=1S/C28H25ClF2O4/c1-16(2)21-14-22(17-7-4-3-5-8-17)26(18-9-6-10-19(30)11-18)35-27(21)23-12-20(31)13-24(29)28(23)34-15-25(32)33/h3-13,21-22,26-27H,1,14-15H2,2H3,(H,32,33)/t21-,22-,26+,27+/m1/s1. The van der Waals surface area contributed by atoms with Crippen molar-refractivity contribution >= 4 is 17.6 Å². The van der Waals surface area contributed by atoms with E-state index >= 15 is 0 Å². The minimum absolute atomic E-state index is 0.0443. The van der Waals surface area contributed by atoms with Crippen LogP contribution in [0.1, 0.15) is 48.2 Å². The second-order valence-electron chi connectivity index (χ2n) is 8.73. The minimum Gasteiger partial charge on any atom is -0.480 e. The van der Waals surface area contributed by atoms with Crippen LogP contribution in [0.15, 0.2) is 78.9 Å². The van der Waals surface area contributed by atoms with Crippen molar-refractivity contribution in [3.8, 4) is 5.75 Å². The van der Waals surface area contributed by atoms with Crippen molar-refractivity contribution in [2.24, 2.45) is 5.92 Å². The summed E-state index contributed by atoms with van der Waals surface area (Å²) in [5.74, 6) is -2.56. The van der Waals surface area contributed by atoms with Crippen LogP contribution in [0.25, 0.3) is 0 Å². The first-order valence-corrected chi connectivity index (χ1v) is 11.6. The van der Waals surface area contributed by atoms with Gasteiger partial charge in [-0.15, -0.1) is 0 Å². The molecule has 182 valence electrons. The Bertz CT molecular complexity index is 1230. The largest absolute Gasteiger partial charge is 0.480 e. The highest BCUT2D eigenvalue weighted by Crippen LogP contribution is 2.53. The number of halogens is 3. The van der Waals surface area contributed by atoms with E-state index in [2.05, 4.69) is 6.58 Å². The van der Waals surface area contributed by atoms with Crippen LogP contribution in [-0.4, -0.2) is 17.7 Å². The maximum Gasteiger partial charge on any atom is 0.341 e. The zero-order valence-corrected chi connectivity index (χ0v) is 19.8. The van der Waals surface area contributed by atoms with Crippen molar-refractivity contribution in [1.82, 2.24) is 0 Å². The fourth-order valence-corrected chi connectivity index (χ4v) is 4.97. The van der Waals surface area contributed by atoms with E-state index in [0.29, 0.717) is 12.0 Å². The van der Waals surface area contributed by atoms with Gasteiger partial charge in [-0.25, -0.2) is 13.6 Å². The van der Waals surface area contributed by atoms with Gasteiger partial charge in [0.05, 0.1) is 17.2 Å². The Balaban J connectivity index is 1.84. The summed E-state index contributed by atoms with van der Waals surface area (Å²) in [6.45, 7) is 5.36. The Kier molecular flexibility index (Phi) is 7.53. The second kappa shape index (κ2) is 10.6. The minimum atomic E-state index is -1.20. The number of ether oxygens (including phenoxy) is 2. The van der Waals surface area contributed by atoms with Gasteiger partial charge in [-0.2, -0.15) is 0 Å². The third kappa shape index (κ3) is 5.55. The predicted molar refractivity (Wildman–Crippen MR) is 130 cm³/mol. The van der Waals surface area contributed by atoms with E-state index in [1.165, 1.54) is 18.2 Å². The Labute approximate surface area is 207 Å². The van der Waals surface area contributed by atoms with Crippen molar-refractivity contribution in [1.29, 1.82) is 0 Å². The highest BCUT2D eigenvalue weighted by Gasteiger charge is 2.42. The fraction of sp³-hybridized carbons (Fsp3) is 0.250. The van der Waals surface area contributed by atoms with Gasteiger partial charge in [-0.3, -0.25) is 0 Å². The van der Waals surface area contributed by atoms with Gasteiger partial charge in [-0.05, 0) is 48.7 Å². The average Bonchev–Trinajstić information content (AvgIpc) is 2.82. The molecule has 4 rings (SSSR count). The highest BCUT2D eigenvalue weighted by atomic mass is 35.5. The van der Waals surface area contributed by atoms with Gasteiger partial charge in [0.25, 0.3) is 0 Å². The Morgan fingerprint density at radius 2 is 1.77 bits per heavy atom. The Morgan fingerprint density at radius 1 is 1.06 bits per heavy atom. The number of carbonyl (C=O) groups is 1. The zero-order chi connectivity index (χ0) is 25.1. The summed E-state index contributed by atoms with van der Waals surface area (Å²) >= 11 is 6.28. The molecule has 35 heavy (non-hydrogen) atoms. The van der Waals surface area contributed by atoms with Gasteiger partial charge in [0.15, 0.2) is 6.61 Å². The molecule has 0 unspecified atom stereocenters. The van der Waals surface area contributed by atoms with Crippen LogP contribution in [-0.2, 0) is 9.53 Å². The molecular weight excluding hydrogens is 474 g/mol. The highest BCUT2D eigenvalue weighted by molar-refractivity contribution is 6.32. The lowest BCUT2D eigenvalue weighted by atomic mass is 9.74. The van der Waals surface area contributed by atoms with Crippen LogP contribution in [0.3, 0.4) is 0 Å². The molecule has 0 aromatic heterocycles. The first-order valence-electron chi connectivity index (χ1n) is 11.2. The van der Waals surface area contributed by atoms with Crippen molar-refractivity contribution < 1.29 is 28.2 Å². The molecule has 3 aromatic carbocycles. The van der Waals surface area contributed by atoms with Crippen molar-refractivity contribution in [2.45, 2.75) is 31.5 Å². The first-order chi connectivity index (χ1) is 16.7. The second-order valence-corrected chi connectivity index (χ2v) is 9.13. The SMILES string of the molecule is C=C(C)[C@H]1C[C@H](c2ccccc2)[C@H](c2cccc(F)c2)O[C@@H]1c1cc(F)cc(Cl)c1OCC(=O)O. The number of carboxylic acids is 1. The fourth-order valence-electron chi connectivity index (χ4n) is 4.70. The summed E-state index contributed by atoms with van der Waals surface area (Å²) in [6.07, 6.45) is -0.738. The molecule has 0 radical (unpaired) electrons. The van der Waals surface area contributed by atoms with Crippen LogP contribution in [0.2, 0.25) is 5.02 Å². The Morgan fingerprint density at radius 3 is 2.43 bits per heavy atom. The molecule has 0 saturated carbocycles. The van der Waals surface area contributed by atoms with Crippen molar-refractivity contribution in [3.05, 3.63) is 112 Å². The lowest BCUT2D eigenvalue weighted by molar-refractivity contribution is -0.139. The summed E-state index contributed by atoms with van der Waals surface area (Å²) in [6, 6.07) is 18.3. The molecule has 1 N–H and O–H groups in total. The van der Waals surface area contributed by atoms with E-state index in [1.54, 1.807) is 12.1 Å². The summed E-state index contributed by atoms with van der Waals surface area (Å²) in [4.78, 5) is 11.2. The quantitative estimate of drug-likeness (QED) is 0.348. The normalized spacial score (nSPS) is 21.9. The third-order valence-electron chi connectivity index (χ3n) is 6.25. The molecule has 3 aromatic rings. The summed E-state index contributed by atoms with van der Waals surface area (Å²) in [5.41, 5.74) is 2.75. The molecule has 1 saturated heterocycles. The van der Waals surface area contributed by atoms with Gasteiger partial charge in [-0.1, -0.05) is 66.2 Å². The topological polar surface area (TPSA) is 55.8 Å². The molecule has 0 amide bonds. The van der Waals surface area contributed by atoms with Gasteiger partial charge in [0.2, 0.25) is 0 Å². The molecule has 1 fully saturated rings. The number of hydrogen-bond acceptors (Lipinski definition) is 3. The maximum absolute atomic E-state index is 14.5. The van der Waals surface area contributed by atoms with E-state index in [4.69, 9.17) is 26.2 Å². The molecule has 4 atom stereocenters. The zero-order valence-electron chi connectivity index (χ0n) is 19.1. The lowest BCUT2D eigenvalue weighted by Gasteiger charge is -2.43. The van der Waals surface area contributed by atoms with Gasteiger partial charge < -0.3 is 14.6 Å². The van der Waals surface area contributed by atoms with Gasteiger partial charge in [0, 0.05) is 17.4 Å². The molecule has 0 spiro atoms. The van der Waals surface area contributed by atoms with Crippen LogP contribution in [0.5, 0.6) is 5.75 Å². The number of carboxylic acid groups (broad SMARTS) is 1. The third-order valence-corrected chi connectivity index (χ3v) is 6.53. The van der Waals surface area contributed by atoms with Gasteiger partial charge >= 0.3 is 5.97 Å². The van der Waals surface area contributed by atoms with Crippen LogP contribution in [0.4, 0.5) is 8.78 Å². The summed E-state index contributed by atoms with van der Waals surface area (Å²) in [7, 11) is 0. The molecule has 0 aliphatic carbocycles.